The lowest BCUT2D eigenvalue weighted by molar-refractivity contribution is 0.123. The third kappa shape index (κ3) is 5.28. The van der Waals surface area contributed by atoms with Crippen LogP contribution in [0, 0.1) is 13.8 Å². The Morgan fingerprint density at radius 1 is 0.966 bits per heavy atom. The van der Waals surface area contributed by atoms with Crippen LogP contribution in [0.4, 0.5) is 0 Å². The van der Waals surface area contributed by atoms with Crippen LogP contribution in [0.2, 0.25) is 0 Å². The molecule has 2 N–H and O–H groups in total. The molecule has 0 aliphatic carbocycles. The molecule has 0 spiro atoms. The second-order valence-electron chi connectivity index (χ2n) is 7.70. The maximum absolute atomic E-state index is 6.13. The Bertz CT molecular complexity index is 907. The summed E-state index contributed by atoms with van der Waals surface area (Å²) >= 11 is 0. The molecule has 0 aliphatic heterocycles. The molecule has 1 heterocycles. The van der Waals surface area contributed by atoms with Crippen molar-refractivity contribution in [2.75, 3.05) is 13.7 Å². The van der Waals surface area contributed by atoms with E-state index in [2.05, 4.69) is 55.7 Å². The van der Waals surface area contributed by atoms with Gasteiger partial charge in [0.1, 0.15) is 5.75 Å². The molecule has 1 atom stereocenters. The van der Waals surface area contributed by atoms with Gasteiger partial charge in [0, 0.05) is 23.1 Å². The van der Waals surface area contributed by atoms with Crippen molar-refractivity contribution in [1.29, 1.82) is 0 Å². The summed E-state index contributed by atoms with van der Waals surface area (Å²) in [6.45, 7) is 7.61. The van der Waals surface area contributed by atoms with Crippen molar-refractivity contribution in [2.45, 2.75) is 46.3 Å². The number of methoxy groups -OCH3 is 1. The highest BCUT2D eigenvalue weighted by atomic mass is 16.5. The highest BCUT2D eigenvalue weighted by molar-refractivity contribution is 5.49. The molecule has 4 heteroatoms. The van der Waals surface area contributed by atoms with E-state index >= 15 is 0 Å². The van der Waals surface area contributed by atoms with Gasteiger partial charge in [-0.2, -0.15) is 0 Å². The van der Waals surface area contributed by atoms with E-state index in [9.17, 15) is 0 Å². The average molecular weight is 393 g/mol. The second-order valence-corrected chi connectivity index (χ2v) is 7.70. The quantitative estimate of drug-likeness (QED) is 0.535. The number of benzene rings is 2. The van der Waals surface area contributed by atoms with Gasteiger partial charge in [0.25, 0.3) is 0 Å². The lowest BCUT2D eigenvalue weighted by atomic mass is 9.97. The van der Waals surface area contributed by atoms with Gasteiger partial charge in [-0.25, -0.2) is 0 Å². The Morgan fingerprint density at radius 3 is 2.28 bits per heavy atom. The topological polar surface area (TPSA) is 49.4 Å². The van der Waals surface area contributed by atoms with Gasteiger partial charge in [-0.1, -0.05) is 24.3 Å². The van der Waals surface area contributed by atoms with E-state index in [0.717, 1.165) is 24.2 Å². The first-order valence-corrected chi connectivity index (χ1v) is 10.2. The monoisotopic (exact) mass is 392 g/mol. The van der Waals surface area contributed by atoms with Crippen molar-refractivity contribution in [3.8, 4) is 11.4 Å². The molecule has 3 aromatic rings. The van der Waals surface area contributed by atoms with Gasteiger partial charge in [-0.3, -0.25) is 0 Å². The van der Waals surface area contributed by atoms with E-state index in [1.807, 2.05) is 24.3 Å². The van der Waals surface area contributed by atoms with Crippen molar-refractivity contribution in [2.24, 2.45) is 5.73 Å². The Morgan fingerprint density at radius 2 is 1.66 bits per heavy atom. The molecule has 2 aromatic carbocycles. The standard InChI is InChI=1S/C25H32N2O2/c1-18(26)16-22-6-5-7-25(27-19(2)8-9-20(27)3)24(22)14-15-29-17-21-10-12-23(28-4)13-11-21/h5-13,18H,14-17,26H2,1-4H3. The van der Waals surface area contributed by atoms with E-state index < -0.39 is 0 Å². The molecule has 0 saturated carbocycles. The molecule has 29 heavy (non-hydrogen) atoms. The van der Waals surface area contributed by atoms with Crippen molar-refractivity contribution in [3.05, 3.63) is 82.7 Å². The minimum atomic E-state index is 0.121. The predicted molar refractivity (Wildman–Crippen MR) is 119 cm³/mol. The zero-order valence-electron chi connectivity index (χ0n) is 17.9. The smallest absolute Gasteiger partial charge is 0.118 e. The number of aryl methyl sites for hydroxylation is 2. The molecule has 0 fully saturated rings. The van der Waals surface area contributed by atoms with Gasteiger partial charge in [-0.05, 0) is 80.6 Å². The molecule has 0 saturated heterocycles. The van der Waals surface area contributed by atoms with Crippen LogP contribution < -0.4 is 10.5 Å². The summed E-state index contributed by atoms with van der Waals surface area (Å²) in [5.74, 6) is 0.862. The summed E-state index contributed by atoms with van der Waals surface area (Å²) < 4.78 is 13.5. The van der Waals surface area contributed by atoms with Crippen LogP contribution in [0.1, 0.15) is 35.0 Å². The number of ether oxygens (including phenoxy) is 2. The molecule has 0 aliphatic rings. The van der Waals surface area contributed by atoms with Crippen LogP contribution in [0.15, 0.2) is 54.6 Å². The zero-order chi connectivity index (χ0) is 20.8. The second kappa shape index (κ2) is 9.77. The van der Waals surface area contributed by atoms with Crippen molar-refractivity contribution in [1.82, 2.24) is 4.57 Å². The van der Waals surface area contributed by atoms with Gasteiger partial charge in [0.05, 0.1) is 20.3 Å². The van der Waals surface area contributed by atoms with Crippen molar-refractivity contribution >= 4 is 0 Å². The van der Waals surface area contributed by atoms with Crippen LogP contribution in [0.3, 0.4) is 0 Å². The molecular formula is C25H32N2O2. The maximum Gasteiger partial charge on any atom is 0.118 e. The van der Waals surface area contributed by atoms with Crippen LogP contribution >= 0.6 is 0 Å². The first-order valence-electron chi connectivity index (χ1n) is 10.2. The van der Waals surface area contributed by atoms with Crippen LogP contribution in [-0.2, 0) is 24.2 Å². The molecular weight excluding hydrogens is 360 g/mol. The number of nitrogens with zero attached hydrogens (tertiary/aromatic N) is 1. The minimum absolute atomic E-state index is 0.121. The number of nitrogens with two attached hydrogens (primary N) is 1. The van der Waals surface area contributed by atoms with Gasteiger partial charge < -0.3 is 19.8 Å². The lowest BCUT2D eigenvalue weighted by Crippen LogP contribution is -2.20. The maximum atomic E-state index is 6.13. The Hall–Kier alpha value is -2.56. The summed E-state index contributed by atoms with van der Waals surface area (Å²) in [6, 6.07) is 19.0. The molecule has 1 aromatic heterocycles. The van der Waals surface area contributed by atoms with Crippen molar-refractivity contribution in [3.63, 3.8) is 0 Å². The fourth-order valence-electron chi connectivity index (χ4n) is 3.79. The Kier molecular flexibility index (Phi) is 7.13. The number of hydrogen-bond donors (Lipinski definition) is 1. The molecule has 154 valence electrons. The minimum Gasteiger partial charge on any atom is -0.497 e. The van der Waals surface area contributed by atoms with Crippen molar-refractivity contribution < 1.29 is 9.47 Å². The van der Waals surface area contributed by atoms with E-state index in [-0.39, 0.29) is 6.04 Å². The fourth-order valence-corrected chi connectivity index (χ4v) is 3.79. The predicted octanol–water partition coefficient (Wildman–Crippen LogP) is 4.75. The molecule has 0 amide bonds. The SMILES string of the molecule is COc1ccc(COCCc2c(CC(C)N)cccc2-n2c(C)ccc2C)cc1. The van der Waals surface area contributed by atoms with E-state index in [1.165, 1.54) is 28.2 Å². The van der Waals surface area contributed by atoms with E-state index in [4.69, 9.17) is 15.2 Å². The fraction of sp³-hybridized carbons (Fsp3) is 0.360. The molecule has 4 nitrogen and oxygen atoms in total. The van der Waals surface area contributed by atoms with E-state index in [0.29, 0.717) is 13.2 Å². The van der Waals surface area contributed by atoms with Gasteiger partial charge >= 0.3 is 0 Å². The molecule has 0 radical (unpaired) electrons. The zero-order valence-corrected chi connectivity index (χ0v) is 17.9. The Balaban J connectivity index is 1.77. The highest BCUT2D eigenvalue weighted by Gasteiger charge is 2.14. The average Bonchev–Trinajstić information content (AvgIpc) is 3.04. The molecule has 3 rings (SSSR count). The van der Waals surface area contributed by atoms with Gasteiger partial charge in [0.2, 0.25) is 0 Å². The summed E-state index contributed by atoms with van der Waals surface area (Å²) in [4.78, 5) is 0. The van der Waals surface area contributed by atoms with E-state index in [1.54, 1.807) is 7.11 Å². The molecule has 0 bridgehead atoms. The molecule has 1 unspecified atom stereocenters. The summed E-state index contributed by atoms with van der Waals surface area (Å²) in [7, 11) is 1.68. The Labute approximate surface area is 174 Å². The largest absolute Gasteiger partial charge is 0.497 e. The third-order valence-corrected chi connectivity index (χ3v) is 5.23. The summed E-state index contributed by atoms with van der Waals surface area (Å²) in [5.41, 5.74) is 13.6. The summed E-state index contributed by atoms with van der Waals surface area (Å²) in [6.07, 6.45) is 1.71. The summed E-state index contributed by atoms with van der Waals surface area (Å²) in [5, 5.41) is 0. The number of hydrogen-bond acceptors (Lipinski definition) is 3. The van der Waals surface area contributed by atoms with Gasteiger partial charge in [-0.15, -0.1) is 0 Å². The number of aromatic nitrogens is 1. The first kappa shape index (κ1) is 21.2. The van der Waals surface area contributed by atoms with Crippen LogP contribution in [0.5, 0.6) is 5.75 Å². The lowest BCUT2D eigenvalue weighted by Gasteiger charge is -2.19. The number of rotatable bonds is 9. The van der Waals surface area contributed by atoms with Crippen LogP contribution in [-0.4, -0.2) is 24.3 Å². The van der Waals surface area contributed by atoms with Crippen LogP contribution in [0.25, 0.3) is 5.69 Å². The highest BCUT2D eigenvalue weighted by Crippen LogP contribution is 2.25. The third-order valence-electron chi connectivity index (χ3n) is 5.23. The first-order chi connectivity index (χ1) is 14.0. The van der Waals surface area contributed by atoms with Gasteiger partial charge in [0.15, 0.2) is 0 Å². The normalized spacial score (nSPS) is 12.2.